The molecule has 10 heteroatoms. The van der Waals surface area contributed by atoms with E-state index in [-0.39, 0.29) is 28.6 Å². The van der Waals surface area contributed by atoms with Crippen LogP contribution in [0, 0.1) is 0 Å². The number of anilines is 1. The van der Waals surface area contributed by atoms with E-state index in [1.807, 2.05) is 0 Å². The van der Waals surface area contributed by atoms with Crippen LogP contribution in [0.1, 0.15) is 40.2 Å². The number of carbonyl (C=O) groups is 1. The van der Waals surface area contributed by atoms with Gasteiger partial charge >= 0.3 is 0 Å². The van der Waals surface area contributed by atoms with Crippen molar-refractivity contribution in [3.8, 4) is 0 Å². The molecule has 2 aliphatic rings. The first kappa shape index (κ1) is 20.7. The molecule has 0 unspecified atom stereocenters. The lowest BCUT2D eigenvalue weighted by molar-refractivity contribution is 0.0730. The predicted molar refractivity (Wildman–Crippen MR) is 112 cm³/mol. The zero-order valence-electron chi connectivity index (χ0n) is 15.8. The predicted octanol–water partition coefficient (Wildman–Crippen LogP) is 3.34. The van der Waals surface area contributed by atoms with Crippen LogP contribution < -0.4 is 5.32 Å². The van der Waals surface area contributed by atoms with Gasteiger partial charge in [0.05, 0.1) is 34.4 Å². The van der Waals surface area contributed by atoms with E-state index in [4.69, 9.17) is 16.3 Å². The van der Waals surface area contributed by atoms with Crippen molar-refractivity contribution >= 4 is 44.0 Å². The number of sulfonamides is 1. The topological polar surface area (TPSA) is 88.6 Å². The van der Waals surface area contributed by atoms with E-state index in [2.05, 4.69) is 10.3 Å². The number of ether oxygens (including phenoxy) is 1. The number of amides is 1. The third kappa shape index (κ3) is 4.49. The van der Waals surface area contributed by atoms with Gasteiger partial charge in [-0.05, 0) is 43.9 Å². The van der Waals surface area contributed by atoms with Crippen molar-refractivity contribution in [1.29, 1.82) is 0 Å². The van der Waals surface area contributed by atoms with Gasteiger partial charge in [0.1, 0.15) is 0 Å². The number of nitrogens with one attached hydrogen (secondary N) is 1. The van der Waals surface area contributed by atoms with Gasteiger partial charge in [-0.25, -0.2) is 13.4 Å². The van der Waals surface area contributed by atoms with Gasteiger partial charge < -0.3 is 4.74 Å². The van der Waals surface area contributed by atoms with Gasteiger partial charge in [-0.15, -0.1) is 11.3 Å². The number of aromatic nitrogens is 1. The van der Waals surface area contributed by atoms with Crippen LogP contribution in [0.3, 0.4) is 0 Å². The van der Waals surface area contributed by atoms with Crippen LogP contribution in [0.5, 0.6) is 0 Å². The number of benzene rings is 1. The maximum Gasteiger partial charge on any atom is 0.259 e. The molecule has 156 valence electrons. The molecule has 1 N–H and O–H groups in total. The van der Waals surface area contributed by atoms with E-state index >= 15 is 0 Å². The van der Waals surface area contributed by atoms with Crippen molar-refractivity contribution in [2.45, 2.75) is 37.0 Å². The maximum atomic E-state index is 12.9. The molecule has 0 spiro atoms. The number of fused-ring (bicyclic) bond motifs is 1. The molecular formula is C19H22ClN3O4S2. The molecule has 7 nitrogen and oxygen atoms in total. The van der Waals surface area contributed by atoms with Crippen LogP contribution in [0.25, 0.3) is 0 Å². The zero-order valence-corrected chi connectivity index (χ0v) is 18.2. The Morgan fingerprint density at radius 2 is 1.93 bits per heavy atom. The molecule has 2 heterocycles. The average Bonchev–Trinajstić information content (AvgIpc) is 2.96. The normalized spacial score (nSPS) is 18.1. The lowest BCUT2D eigenvalue weighted by atomic mass is 10.2. The second kappa shape index (κ2) is 8.69. The van der Waals surface area contributed by atoms with Gasteiger partial charge in [0, 0.05) is 18.0 Å². The number of hydrogen-bond acceptors (Lipinski definition) is 6. The summed E-state index contributed by atoms with van der Waals surface area (Å²) in [5, 5.41) is 3.51. The van der Waals surface area contributed by atoms with Crippen molar-refractivity contribution in [1.82, 2.24) is 9.29 Å². The number of thiazole rings is 1. The fourth-order valence-corrected chi connectivity index (χ4v) is 6.20. The zero-order chi connectivity index (χ0) is 20.4. The van der Waals surface area contributed by atoms with Gasteiger partial charge in [0.2, 0.25) is 10.0 Å². The number of carbonyl (C=O) groups excluding carboxylic acids is 1. The molecule has 1 saturated heterocycles. The van der Waals surface area contributed by atoms with Gasteiger partial charge in [-0.2, -0.15) is 4.31 Å². The molecule has 29 heavy (non-hydrogen) atoms. The summed E-state index contributed by atoms with van der Waals surface area (Å²) in [6.45, 7) is 1.29. The molecule has 0 bridgehead atoms. The summed E-state index contributed by atoms with van der Waals surface area (Å²) in [4.78, 5) is 18.6. The average molecular weight is 456 g/mol. The number of hydrogen-bond donors (Lipinski definition) is 1. The quantitative estimate of drug-likeness (QED) is 0.714. The minimum Gasteiger partial charge on any atom is -0.379 e. The Balaban J connectivity index is 1.56. The first-order chi connectivity index (χ1) is 13.9. The van der Waals surface area contributed by atoms with Gasteiger partial charge in [0.15, 0.2) is 5.13 Å². The van der Waals surface area contributed by atoms with Crippen LogP contribution >= 0.6 is 22.9 Å². The van der Waals surface area contributed by atoms with E-state index < -0.39 is 15.9 Å². The molecular weight excluding hydrogens is 434 g/mol. The molecule has 1 amide bonds. The minimum absolute atomic E-state index is 0.0453. The maximum absolute atomic E-state index is 12.9. The number of rotatable bonds is 4. The molecule has 4 rings (SSSR count). The first-order valence-corrected chi connectivity index (χ1v) is 12.3. The second-order valence-corrected chi connectivity index (χ2v) is 10.5. The molecule has 1 fully saturated rings. The van der Waals surface area contributed by atoms with E-state index in [9.17, 15) is 13.2 Å². The molecule has 0 radical (unpaired) electrons. The Labute approximate surface area is 179 Å². The van der Waals surface area contributed by atoms with Gasteiger partial charge in [-0.3, -0.25) is 10.1 Å². The Bertz CT molecular complexity index is 993. The molecule has 2 aromatic rings. The van der Waals surface area contributed by atoms with Crippen LogP contribution in [-0.4, -0.2) is 49.9 Å². The van der Waals surface area contributed by atoms with Gasteiger partial charge in [-0.1, -0.05) is 18.0 Å². The standard InChI is InChI=1S/C19H22ClN3O4S2/c20-15-7-6-13(29(25,26)23-8-10-27-11-9-23)12-14(15)18(24)22-19-21-16-4-2-1-3-5-17(16)28-19/h6-7,12H,1-5,8-11H2,(H,21,22,24). The van der Waals surface area contributed by atoms with Crippen LogP contribution in [0.15, 0.2) is 23.1 Å². The van der Waals surface area contributed by atoms with Crippen molar-refractivity contribution in [3.63, 3.8) is 0 Å². The highest BCUT2D eigenvalue weighted by molar-refractivity contribution is 7.89. The molecule has 1 aromatic carbocycles. The summed E-state index contributed by atoms with van der Waals surface area (Å²) in [7, 11) is -3.71. The van der Waals surface area contributed by atoms with Crippen molar-refractivity contribution in [3.05, 3.63) is 39.4 Å². The second-order valence-electron chi connectivity index (χ2n) is 7.06. The SMILES string of the molecule is O=C(Nc1nc2c(s1)CCCCC2)c1cc(S(=O)(=O)N2CCOCC2)ccc1Cl. The molecule has 1 aliphatic carbocycles. The fourth-order valence-electron chi connectivity index (χ4n) is 3.52. The summed E-state index contributed by atoms with van der Waals surface area (Å²) in [6, 6.07) is 4.21. The Kier molecular flexibility index (Phi) is 6.21. The van der Waals surface area contributed by atoms with E-state index in [1.54, 1.807) is 0 Å². The fraction of sp³-hybridized carbons (Fsp3) is 0.474. The van der Waals surface area contributed by atoms with Crippen LogP contribution in [-0.2, 0) is 27.6 Å². The summed E-state index contributed by atoms with van der Waals surface area (Å²) < 4.78 is 32.3. The lowest BCUT2D eigenvalue weighted by Gasteiger charge is -2.26. The van der Waals surface area contributed by atoms with Crippen molar-refractivity contribution < 1.29 is 17.9 Å². The smallest absolute Gasteiger partial charge is 0.259 e. The summed E-state index contributed by atoms with van der Waals surface area (Å²) in [5.74, 6) is -0.460. The first-order valence-electron chi connectivity index (χ1n) is 9.62. The highest BCUT2D eigenvalue weighted by Crippen LogP contribution is 2.30. The van der Waals surface area contributed by atoms with E-state index in [0.717, 1.165) is 31.4 Å². The third-order valence-electron chi connectivity index (χ3n) is 5.11. The van der Waals surface area contributed by atoms with Crippen LogP contribution in [0.4, 0.5) is 5.13 Å². The number of halogens is 1. The number of aryl methyl sites for hydroxylation is 2. The largest absolute Gasteiger partial charge is 0.379 e. The summed E-state index contributed by atoms with van der Waals surface area (Å²) in [6.07, 6.45) is 5.35. The molecule has 0 saturated carbocycles. The number of morpholine rings is 1. The molecule has 1 aliphatic heterocycles. The Morgan fingerprint density at radius 1 is 1.17 bits per heavy atom. The summed E-state index contributed by atoms with van der Waals surface area (Å²) in [5.41, 5.74) is 1.17. The van der Waals surface area contributed by atoms with Crippen molar-refractivity contribution in [2.75, 3.05) is 31.6 Å². The highest BCUT2D eigenvalue weighted by atomic mass is 35.5. The third-order valence-corrected chi connectivity index (χ3v) is 8.40. The Hall–Kier alpha value is -1.52. The van der Waals surface area contributed by atoms with Crippen LogP contribution in [0.2, 0.25) is 5.02 Å². The molecule has 1 aromatic heterocycles. The monoisotopic (exact) mass is 455 g/mol. The number of nitrogens with zero attached hydrogens (tertiary/aromatic N) is 2. The van der Waals surface area contributed by atoms with E-state index in [1.165, 1.54) is 45.1 Å². The Morgan fingerprint density at radius 3 is 2.72 bits per heavy atom. The van der Waals surface area contributed by atoms with Gasteiger partial charge in [0.25, 0.3) is 5.91 Å². The highest BCUT2D eigenvalue weighted by Gasteiger charge is 2.28. The van der Waals surface area contributed by atoms with E-state index in [0.29, 0.717) is 18.3 Å². The van der Waals surface area contributed by atoms with Crippen molar-refractivity contribution in [2.24, 2.45) is 0 Å². The lowest BCUT2D eigenvalue weighted by Crippen LogP contribution is -2.40. The minimum atomic E-state index is -3.71. The molecule has 0 atom stereocenters. The summed E-state index contributed by atoms with van der Waals surface area (Å²) >= 11 is 7.69.